The maximum absolute atomic E-state index is 15.8. The van der Waals surface area contributed by atoms with Gasteiger partial charge >= 0.3 is 6.03 Å². The summed E-state index contributed by atoms with van der Waals surface area (Å²) in [6.07, 6.45) is 1.98. The van der Waals surface area contributed by atoms with Gasteiger partial charge in [-0.2, -0.15) is 0 Å². The number of aryl methyl sites for hydroxylation is 3. The second-order valence-corrected chi connectivity index (χ2v) is 8.50. The third-order valence-electron chi connectivity index (χ3n) is 6.21. The number of likely N-dealkylation sites (tertiary alicyclic amines) is 1. The predicted octanol–water partition coefficient (Wildman–Crippen LogP) is 5.25. The lowest BCUT2D eigenvalue weighted by Gasteiger charge is -2.36. The minimum absolute atomic E-state index is 0.175. The molecule has 1 saturated heterocycles. The van der Waals surface area contributed by atoms with Crippen molar-refractivity contribution < 1.29 is 18.7 Å². The van der Waals surface area contributed by atoms with Crippen molar-refractivity contribution in [3.8, 4) is 11.3 Å². The number of urea groups is 1. The lowest BCUT2D eigenvalue weighted by Crippen LogP contribution is -2.45. The number of piperidine rings is 1. The summed E-state index contributed by atoms with van der Waals surface area (Å²) < 4.78 is 21.4. The lowest BCUT2D eigenvalue weighted by molar-refractivity contribution is 0.0677. The monoisotopic (exact) mass is 437 g/mol. The minimum Gasteiger partial charge on any atom is -0.459 e. The fourth-order valence-corrected chi connectivity index (χ4v) is 4.12. The maximum atomic E-state index is 15.8. The van der Waals surface area contributed by atoms with Crippen LogP contribution in [0.5, 0.6) is 0 Å². The maximum Gasteiger partial charge on any atom is 0.321 e. The van der Waals surface area contributed by atoms with Gasteiger partial charge in [0.1, 0.15) is 18.1 Å². The van der Waals surface area contributed by atoms with Gasteiger partial charge in [-0.15, -0.1) is 0 Å². The summed E-state index contributed by atoms with van der Waals surface area (Å²) in [6, 6.07) is 10.9. The van der Waals surface area contributed by atoms with Gasteiger partial charge in [-0.1, -0.05) is 6.07 Å². The van der Waals surface area contributed by atoms with Crippen LogP contribution in [0.4, 0.5) is 14.9 Å². The highest BCUT2D eigenvalue weighted by atomic mass is 19.1. The number of aliphatic hydroxyl groups is 1. The topological polar surface area (TPSA) is 78.6 Å². The number of furan rings is 1. The molecule has 3 heterocycles. The smallest absolute Gasteiger partial charge is 0.321 e. The van der Waals surface area contributed by atoms with E-state index in [0.29, 0.717) is 30.3 Å². The number of nitrogens with one attached hydrogen (secondary N) is 1. The number of anilines is 1. The van der Waals surface area contributed by atoms with E-state index in [1.165, 1.54) is 0 Å². The van der Waals surface area contributed by atoms with Gasteiger partial charge in [0.25, 0.3) is 0 Å². The van der Waals surface area contributed by atoms with Gasteiger partial charge in [0.2, 0.25) is 0 Å². The zero-order valence-corrected chi connectivity index (χ0v) is 18.6. The number of benzene rings is 1. The third kappa shape index (κ3) is 4.39. The molecule has 1 fully saturated rings. The fourth-order valence-electron chi connectivity index (χ4n) is 4.12. The molecular formula is C25H28FN3O3. The van der Waals surface area contributed by atoms with Crippen molar-refractivity contribution in [1.29, 1.82) is 0 Å². The number of amides is 2. The Kier molecular flexibility index (Phi) is 6.02. The van der Waals surface area contributed by atoms with Gasteiger partial charge in [0.15, 0.2) is 5.67 Å². The van der Waals surface area contributed by atoms with E-state index in [2.05, 4.69) is 10.3 Å². The molecule has 2 aromatic heterocycles. The van der Waals surface area contributed by atoms with E-state index in [-0.39, 0.29) is 25.5 Å². The number of hydrogen-bond donors (Lipinski definition) is 2. The van der Waals surface area contributed by atoms with Gasteiger partial charge in [-0.3, -0.25) is 4.98 Å². The number of carbonyl (C=O) groups excluding carboxylic acids is 1. The van der Waals surface area contributed by atoms with Gasteiger partial charge in [0.05, 0.1) is 5.69 Å². The van der Waals surface area contributed by atoms with Crippen LogP contribution in [0.3, 0.4) is 0 Å². The number of aliphatic hydroxyl groups excluding tert-OH is 1. The van der Waals surface area contributed by atoms with Gasteiger partial charge in [0, 0.05) is 43.4 Å². The van der Waals surface area contributed by atoms with E-state index in [0.717, 1.165) is 27.9 Å². The first-order valence-corrected chi connectivity index (χ1v) is 10.8. The number of rotatable bonds is 4. The summed E-state index contributed by atoms with van der Waals surface area (Å²) in [5, 5.41) is 12.1. The lowest BCUT2D eigenvalue weighted by atomic mass is 9.87. The normalized spacial score (nSPS) is 15.6. The molecule has 168 valence electrons. The standard InChI is InChI=1S/C25H28FN3O3/c1-16-4-5-20(13-17(16)2)28-24(31)29-10-8-25(26,9-11-29)23-18(3)12-19(14-27-23)22-7-6-21(15-30)32-22/h4-7,12-14,30H,8-11,15H2,1-3H3,(H,28,31). The van der Waals surface area contributed by atoms with Gasteiger partial charge in [-0.25, -0.2) is 9.18 Å². The molecule has 0 aliphatic carbocycles. The number of hydrogen-bond acceptors (Lipinski definition) is 4. The average Bonchev–Trinajstić information content (AvgIpc) is 3.26. The summed E-state index contributed by atoms with van der Waals surface area (Å²) in [4.78, 5) is 18.7. The van der Waals surface area contributed by atoms with Gasteiger partial charge in [-0.05, 0) is 67.8 Å². The highest BCUT2D eigenvalue weighted by Gasteiger charge is 2.40. The third-order valence-corrected chi connectivity index (χ3v) is 6.21. The number of halogens is 1. The molecule has 7 heteroatoms. The summed E-state index contributed by atoms with van der Waals surface area (Å²) in [5.74, 6) is 1.05. The molecule has 0 spiro atoms. The van der Waals surface area contributed by atoms with Crippen LogP contribution in [0.1, 0.15) is 41.0 Å². The first-order valence-electron chi connectivity index (χ1n) is 10.8. The van der Waals surface area contributed by atoms with Crippen molar-refractivity contribution in [3.05, 3.63) is 70.7 Å². The van der Waals surface area contributed by atoms with Crippen LogP contribution < -0.4 is 5.32 Å². The van der Waals surface area contributed by atoms with Crippen molar-refractivity contribution in [1.82, 2.24) is 9.88 Å². The SMILES string of the molecule is Cc1ccc(NC(=O)N2CCC(F)(c3ncc(-c4ccc(CO)o4)cc3C)CC2)cc1C. The minimum atomic E-state index is -1.58. The van der Waals surface area contributed by atoms with Crippen molar-refractivity contribution in [2.75, 3.05) is 18.4 Å². The van der Waals surface area contributed by atoms with E-state index >= 15 is 4.39 Å². The molecule has 0 bridgehead atoms. The fraction of sp³-hybridized carbons (Fsp3) is 0.360. The number of nitrogens with zero attached hydrogens (tertiary/aromatic N) is 2. The highest BCUT2D eigenvalue weighted by Crippen LogP contribution is 2.38. The van der Waals surface area contributed by atoms with E-state index < -0.39 is 5.67 Å². The molecule has 0 unspecified atom stereocenters. The second kappa shape index (κ2) is 8.74. The van der Waals surface area contributed by atoms with Crippen molar-refractivity contribution in [2.24, 2.45) is 0 Å². The van der Waals surface area contributed by atoms with Crippen LogP contribution in [-0.2, 0) is 12.3 Å². The van der Waals surface area contributed by atoms with Crippen molar-refractivity contribution in [2.45, 2.75) is 45.9 Å². The molecule has 1 aromatic carbocycles. The molecule has 2 N–H and O–H groups in total. The van der Waals surface area contributed by atoms with E-state index in [1.807, 2.05) is 45.0 Å². The molecule has 6 nitrogen and oxygen atoms in total. The van der Waals surface area contributed by atoms with E-state index in [1.54, 1.807) is 23.2 Å². The molecule has 3 aromatic rings. The van der Waals surface area contributed by atoms with Crippen LogP contribution in [0.15, 0.2) is 47.0 Å². The Hall–Kier alpha value is -3.19. The zero-order chi connectivity index (χ0) is 22.9. The highest BCUT2D eigenvalue weighted by molar-refractivity contribution is 5.89. The Morgan fingerprint density at radius 1 is 1.12 bits per heavy atom. The molecule has 0 radical (unpaired) electrons. The van der Waals surface area contributed by atoms with E-state index in [9.17, 15) is 9.90 Å². The summed E-state index contributed by atoms with van der Waals surface area (Å²) in [5.41, 5.74) is 3.31. The molecule has 2 amide bonds. The molecule has 1 aliphatic heterocycles. The molecular weight excluding hydrogens is 409 g/mol. The first kappa shape index (κ1) is 22.0. The summed E-state index contributed by atoms with van der Waals surface area (Å²) in [6.45, 7) is 6.31. The number of aromatic nitrogens is 1. The summed E-state index contributed by atoms with van der Waals surface area (Å²) >= 11 is 0. The first-order chi connectivity index (χ1) is 15.3. The summed E-state index contributed by atoms with van der Waals surface area (Å²) in [7, 11) is 0. The molecule has 1 aliphatic rings. The Balaban J connectivity index is 1.43. The Bertz CT molecular complexity index is 1130. The quantitative estimate of drug-likeness (QED) is 0.584. The molecule has 32 heavy (non-hydrogen) atoms. The molecule has 0 atom stereocenters. The van der Waals surface area contributed by atoms with Crippen LogP contribution in [0.2, 0.25) is 0 Å². The number of carbonyl (C=O) groups is 1. The number of pyridine rings is 1. The van der Waals surface area contributed by atoms with Crippen LogP contribution >= 0.6 is 0 Å². The van der Waals surface area contributed by atoms with Crippen molar-refractivity contribution in [3.63, 3.8) is 0 Å². The largest absolute Gasteiger partial charge is 0.459 e. The number of alkyl halides is 1. The Morgan fingerprint density at radius 3 is 2.50 bits per heavy atom. The van der Waals surface area contributed by atoms with Crippen LogP contribution in [-0.4, -0.2) is 34.1 Å². The van der Waals surface area contributed by atoms with Crippen LogP contribution in [0, 0.1) is 20.8 Å². The van der Waals surface area contributed by atoms with Crippen molar-refractivity contribution >= 4 is 11.7 Å². The van der Waals surface area contributed by atoms with Gasteiger partial charge < -0.3 is 19.7 Å². The zero-order valence-electron chi connectivity index (χ0n) is 18.6. The predicted molar refractivity (Wildman–Crippen MR) is 121 cm³/mol. The molecule has 0 saturated carbocycles. The molecule has 4 rings (SSSR count). The average molecular weight is 438 g/mol. The Labute approximate surface area is 187 Å². The Morgan fingerprint density at radius 2 is 1.88 bits per heavy atom. The second-order valence-electron chi connectivity index (χ2n) is 8.50. The van der Waals surface area contributed by atoms with E-state index in [4.69, 9.17) is 4.42 Å². The van der Waals surface area contributed by atoms with Crippen LogP contribution in [0.25, 0.3) is 11.3 Å².